The molecule has 0 spiro atoms. The van der Waals surface area contributed by atoms with Gasteiger partial charge >= 0.3 is 0 Å². The molecule has 2 aromatic heterocycles. The Morgan fingerprint density at radius 3 is 2.67 bits per heavy atom. The van der Waals surface area contributed by atoms with Gasteiger partial charge in [-0.25, -0.2) is 9.50 Å². The minimum Gasteiger partial charge on any atom is -0.493 e. The van der Waals surface area contributed by atoms with E-state index in [4.69, 9.17) is 21.1 Å². The van der Waals surface area contributed by atoms with Crippen LogP contribution >= 0.6 is 23.4 Å². The molecule has 4 aromatic rings. The minimum atomic E-state index is -0.125. The van der Waals surface area contributed by atoms with E-state index in [-0.39, 0.29) is 11.7 Å². The lowest BCUT2D eigenvalue weighted by molar-refractivity contribution is -0.113. The van der Waals surface area contributed by atoms with Crippen molar-refractivity contribution < 1.29 is 14.3 Å². The minimum absolute atomic E-state index is 0.125. The Morgan fingerprint density at radius 1 is 1.12 bits per heavy atom. The number of aromatic nitrogens is 3. The zero-order valence-corrected chi connectivity index (χ0v) is 20.3. The van der Waals surface area contributed by atoms with E-state index in [1.807, 2.05) is 50.2 Å². The fourth-order valence-electron chi connectivity index (χ4n) is 3.43. The van der Waals surface area contributed by atoms with E-state index >= 15 is 0 Å². The van der Waals surface area contributed by atoms with Crippen molar-refractivity contribution in [3.63, 3.8) is 0 Å². The Kier molecular flexibility index (Phi) is 6.76. The van der Waals surface area contributed by atoms with Crippen LogP contribution in [-0.4, -0.2) is 40.5 Å². The summed E-state index contributed by atoms with van der Waals surface area (Å²) in [5.41, 5.74) is 4.85. The third-order valence-electron chi connectivity index (χ3n) is 5.15. The standard InChI is InChI=1S/C24H23ClN4O3S/c1-14-10-23(33-13-22(30)28-19-7-5-6-18(25)15(19)2)29-24(27-14)17(12-26-29)16-8-9-20(31-3)21(11-16)32-4/h5-12H,13H2,1-4H3,(H,28,30). The highest BCUT2D eigenvalue weighted by Crippen LogP contribution is 2.34. The molecular formula is C24H23ClN4O3S. The van der Waals surface area contributed by atoms with Gasteiger partial charge < -0.3 is 14.8 Å². The summed E-state index contributed by atoms with van der Waals surface area (Å²) in [7, 11) is 3.20. The van der Waals surface area contributed by atoms with Crippen LogP contribution in [-0.2, 0) is 4.79 Å². The van der Waals surface area contributed by atoms with Crippen LogP contribution in [0.1, 0.15) is 11.3 Å². The summed E-state index contributed by atoms with van der Waals surface area (Å²) in [6, 6.07) is 13.1. The number of benzene rings is 2. The van der Waals surface area contributed by atoms with Crippen LogP contribution < -0.4 is 14.8 Å². The molecule has 0 atom stereocenters. The first-order valence-corrected chi connectivity index (χ1v) is 11.5. The maximum absolute atomic E-state index is 12.6. The summed E-state index contributed by atoms with van der Waals surface area (Å²) in [6.07, 6.45) is 1.77. The largest absolute Gasteiger partial charge is 0.493 e. The third-order valence-corrected chi connectivity index (χ3v) is 6.56. The fourth-order valence-corrected chi connectivity index (χ4v) is 4.46. The molecule has 0 aliphatic carbocycles. The van der Waals surface area contributed by atoms with Crippen molar-refractivity contribution >= 4 is 40.6 Å². The Hall–Kier alpha value is -3.23. The summed E-state index contributed by atoms with van der Waals surface area (Å²) in [5, 5.41) is 8.90. The summed E-state index contributed by atoms with van der Waals surface area (Å²) >= 11 is 7.55. The van der Waals surface area contributed by atoms with Crippen LogP contribution in [0, 0.1) is 13.8 Å². The smallest absolute Gasteiger partial charge is 0.234 e. The topological polar surface area (TPSA) is 77.8 Å². The second-order valence-corrected chi connectivity index (χ2v) is 8.75. The monoisotopic (exact) mass is 482 g/mol. The van der Waals surface area contributed by atoms with Gasteiger partial charge in [-0.15, -0.1) is 0 Å². The number of fused-ring (bicyclic) bond motifs is 1. The van der Waals surface area contributed by atoms with Gasteiger partial charge in [0.05, 0.1) is 26.2 Å². The molecule has 2 aromatic carbocycles. The molecule has 9 heteroatoms. The molecule has 0 fully saturated rings. The second kappa shape index (κ2) is 9.72. The molecule has 0 radical (unpaired) electrons. The van der Waals surface area contributed by atoms with Gasteiger partial charge in [-0.3, -0.25) is 4.79 Å². The molecule has 0 bridgehead atoms. The maximum atomic E-state index is 12.6. The van der Waals surface area contributed by atoms with Gasteiger partial charge in [0, 0.05) is 22.0 Å². The fraction of sp³-hybridized carbons (Fsp3) is 0.208. The highest BCUT2D eigenvalue weighted by Gasteiger charge is 2.16. The molecule has 2 heterocycles. The lowest BCUT2D eigenvalue weighted by Crippen LogP contribution is -2.15. The van der Waals surface area contributed by atoms with Gasteiger partial charge in [-0.1, -0.05) is 35.5 Å². The molecule has 0 unspecified atom stereocenters. The van der Waals surface area contributed by atoms with Crippen LogP contribution in [0.3, 0.4) is 0 Å². The number of methoxy groups -OCH3 is 2. The Bertz CT molecular complexity index is 1340. The van der Waals surface area contributed by atoms with Gasteiger partial charge in [0.2, 0.25) is 5.91 Å². The third kappa shape index (κ3) is 4.77. The number of anilines is 1. The number of thioether (sulfide) groups is 1. The molecule has 4 rings (SSSR count). The summed E-state index contributed by atoms with van der Waals surface area (Å²) in [4.78, 5) is 17.3. The zero-order chi connectivity index (χ0) is 23.5. The van der Waals surface area contributed by atoms with Gasteiger partial charge in [0.1, 0.15) is 5.03 Å². The number of rotatable bonds is 7. The van der Waals surface area contributed by atoms with E-state index in [0.717, 1.165) is 27.4 Å². The Balaban J connectivity index is 1.59. The number of aryl methyl sites for hydroxylation is 1. The first kappa shape index (κ1) is 22.9. The molecule has 7 nitrogen and oxygen atoms in total. The number of ether oxygens (including phenoxy) is 2. The van der Waals surface area contributed by atoms with Crippen molar-refractivity contribution in [1.29, 1.82) is 0 Å². The van der Waals surface area contributed by atoms with Gasteiger partial charge in [-0.2, -0.15) is 5.10 Å². The molecule has 1 N–H and O–H groups in total. The van der Waals surface area contributed by atoms with Gasteiger partial charge in [0.15, 0.2) is 17.1 Å². The lowest BCUT2D eigenvalue weighted by Gasteiger charge is -2.11. The van der Waals surface area contributed by atoms with E-state index in [1.165, 1.54) is 11.8 Å². The number of carbonyl (C=O) groups excluding carboxylic acids is 1. The highest BCUT2D eigenvalue weighted by molar-refractivity contribution is 7.99. The van der Waals surface area contributed by atoms with Crippen molar-refractivity contribution in [2.45, 2.75) is 18.9 Å². The van der Waals surface area contributed by atoms with Gasteiger partial charge in [-0.05, 0) is 55.3 Å². The summed E-state index contributed by atoms with van der Waals surface area (Å²) in [6.45, 7) is 3.80. The molecule has 0 aliphatic rings. The predicted molar refractivity (Wildman–Crippen MR) is 132 cm³/mol. The van der Waals surface area contributed by atoms with Crippen LogP contribution in [0.15, 0.2) is 53.7 Å². The van der Waals surface area contributed by atoms with E-state index in [1.54, 1.807) is 31.0 Å². The van der Waals surface area contributed by atoms with Crippen molar-refractivity contribution in [2.24, 2.45) is 0 Å². The Labute approximate surface area is 201 Å². The molecule has 0 saturated heterocycles. The quantitative estimate of drug-likeness (QED) is 0.280. The number of hydrogen-bond donors (Lipinski definition) is 1. The van der Waals surface area contributed by atoms with E-state index in [9.17, 15) is 4.79 Å². The van der Waals surface area contributed by atoms with Crippen molar-refractivity contribution in [3.05, 3.63) is 64.9 Å². The average molecular weight is 483 g/mol. The zero-order valence-electron chi connectivity index (χ0n) is 18.7. The number of carbonyl (C=O) groups is 1. The van der Waals surface area contributed by atoms with Crippen LogP contribution in [0.5, 0.6) is 11.5 Å². The lowest BCUT2D eigenvalue weighted by atomic mass is 10.1. The van der Waals surface area contributed by atoms with E-state index < -0.39 is 0 Å². The number of nitrogens with zero attached hydrogens (tertiary/aromatic N) is 3. The summed E-state index contributed by atoms with van der Waals surface area (Å²) in [5.74, 6) is 1.37. The normalized spacial score (nSPS) is 10.9. The van der Waals surface area contributed by atoms with Crippen LogP contribution in [0.4, 0.5) is 5.69 Å². The number of halogens is 1. The molecule has 0 aliphatic heterocycles. The van der Waals surface area contributed by atoms with Crippen LogP contribution in [0.2, 0.25) is 5.02 Å². The Morgan fingerprint density at radius 2 is 1.91 bits per heavy atom. The molecule has 33 heavy (non-hydrogen) atoms. The van der Waals surface area contributed by atoms with Crippen molar-refractivity contribution in [2.75, 3.05) is 25.3 Å². The van der Waals surface area contributed by atoms with Gasteiger partial charge in [0.25, 0.3) is 0 Å². The average Bonchev–Trinajstić information content (AvgIpc) is 3.23. The van der Waals surface area contributed by atoms with Crippen molar-refractivity contribution in [1.82, 2.24) is 14.6 Å². The van der Waals surface area contributed by atoms with Crippen molar-refractivity contribution in [3.8, 4) is 22.6 Å². The molecule has 170 valence electrons. The first-order valence-electron chi connectivity index (χ1n) is 10.2. The predicted octanol–water partition coefficient (Wildman–Crippen LogP) is 5.41. The van der Waals surface area contributed by atoms with Crippen LogP contribution in [0.25, 0.3) is 16.8 Å². The molecule has 0 saturated carbocycles. The number of amides is 1. The molecule has 1 amide bonds. The highest BCUT2D eigenvalue weighted by atomic mass is 35.5. The van der Waals surface area contributed by atoms with E-state index in [2.05, 4.69) is 15.4 Å². The number of nitrogens with one attached hydrogen (secondary N) is 1. The first-order chi connectivity index (χ1) is 15.9. The number of hydrogen-bond acceptors (Lipinski definition) is 6. The second-order valence-electron chi connectivity index (χ2n) is 7.35. The maximum Gasteiger partial charge on any atom is 0.234 e. The SMILES string of the molecule is COc1ccc(-c2cnn3c(SCC(=O)Nc4cccc(Cl)c4C)cc(C)nc23)cc1OC. The van der Waals surface area contributed by atoms with E-state index in [0.29, 0.717) is 27.9 Å². The summed E-state index contributed by atoms with van der Waals surface area (Å²) < 4.78 is 12.5. The molecular weight excluding hydrogens is 460 g/mol.